The van der Waals surface area contributed by atoms with Gasteiger partial charge in [0.15, 0.2) is 6.29 Å². The van der Waals surface area contributed by atoms with Crippen molar-refractivity contribution in [1.82, 2.24) is 14.8 Å². The zero-order chi connectivity index (χ0) is 24.4. The number of nitrogens with one attached hydrogen (secondary N) is 1. The highest BCUT2D eigenvalue weighted by atomic mass is 35.5. The van der Waals surface area contributed by atoms with Crippen LogP contribution < -0.4 is 5.32 Å². The Labute approximate surface area is 197 Å². The number of hydrogen-bond acceptors (Lipinski definition) is 4. The van der Waals surface area contributed by atoms with Crippen molar-refractivity contribution in [1.29, 1.82) is 0 Å². The van der Waals surface area contributed by atoms with Crippen LogP contribution in [0, 0.1) is 0 Å². The van der Waals surface area contributed by atoms with E-state index in [1.54, 1.807) is 0 Å². The molecule has 1 N–H and O–H groups in total. The average molecular weight is 483 g/mol. The first-order valence-corrected chi connectivity index (χ1v) is 11.5. The van der Waals surface area contributed by atoms with E-state index in [4.69, 9.17) is 11.6 Å². The zero-order valence-electron chi connectivity index (χ0n) is 19.1. The van der Waals surface area contributed by atoms with Crippen molar-refractivity contribution in [2.45, 2.75) is 64.6 Å². The summed E-state index contributed by atoms with van der Waals surface area (Å²) >= 11 is 6.19. The maximum absolute atomic E-state index is 11.9. The van der Waals surface area contributed by atoms with Crippen LogP contribution >= 0.6 is 11.6 Å². The lowest BCUT2D eigenvalue weighted by Gasteiger charge is -2.21. The second kappa shape index (κ2) is 12.6. The standard InChI is InChI=1S/C14H18ClN3.C7H4F3NO.C3H8/c1-16-14-7-10-9-18(11-5-3-2-4-6-11)17-13(10)8-12(14)15;8-7(9,10)6-3-1-2-5(4-12)11-6;1-3-2/h7-9,11,16H,2-6H2,1H3;1-4H;3H2,1-2H3. The number of carbonyl (C=O) groups is 1. The minimum Gasteiger partial charge on any atom is -0.387 e. The molecule has 2 aromatic heterocycles. The normalized spacial score (nSPS) is 14.0. The average Bonchev–Trinajstić information content (AvgIpc) is 3.22. The molecule has 0 spiro atoms. The van der Waals surface area contributed by atoms with E-state index in [-0.39, 0.29) is 12.0 Å². The molecule has 2 heterocycles. The van der Waals surface area contributed by atoms with Crippen molar-refractivity contribution in [3.8, 4) is 0 Å². The number of alkyl halides is 3. The molecule has 5 nitrogen and oxygen atoms in total. The molecule has 1 aliphatic rings. The molecule has 33 heavy (non-hydrogen) atoms. The van der Waals surface area contributed by atoms with Crippen molar-refractivity contribution in [3.63, 3.8) is 0 Å². The fourth-order valence-corrected chi connectivity index (χ4v) is 3.72. The predicted molar refractivity (Wildman–Crippen MR) is 127 cm³/mol. The summed E-state index contributed by atoms with van der Waals surface area (Å²) in [6, 6.07) is 7.75. The molecule has 4 rings (SSSR count). The molecule has 1 aromatic carbocycles. The van der Waals surface area contributed by atoms with E-state index in [2.05, 4.69) is 46.2 Å². The van der Waals surface area contributed by atoms with Crippen molar-refractivity contribution in [3.05, 3.63) is 52.9 Å². The SMILES string of the molecule is CCC.CNc1cc2cn(C3CCCCC3)nc2cc1Cl.O=Cc1cccc(C(F)(F)F)n1. The first-order chi connectivity index (χ1) is 15.7. The zero-order valence-corrected chi connectivity index (χ0v) is 19.9. The Morgan fingerprint density at radius 3 is 2.42 bits per heavy atom. The number of fused-ring (bicyclic) bond motifs is 1. The van der Waals surface area contributed by atoms with Crippen LogP contribution in [0.5, 0.6) is 0 Å². The van der Waals surface area contributed by atoms with Crippen molar-refractivity contribution >= 4 is 34.5 Å². The highest BCUT2D eigenvalue weighted by Crippen LogP contribution is 2.31. The van der Waals surface area contributed by atoms with Gasteiger partial charge in [0.2, 0.25) is 0 Å². The number of nitrogens with zero attached hydrogens (tertiary/aromatic N) is 3. The summed E-state index contributed by atoms with van der Waals surface area (Å²) in [5.41, 5.74) is 0.689. The number of hydrogen-bond donors (Lipinski definition) is 1. The second-order valence-corrected chi connectivity index (χ2v) is 8.22. The van der Waals surface area contributed by atoms with Crippen LogP contribution in [0.4, 0.5) is 18.9 Å². The maximum Gasteiger partial charge on any atom is 0.433 e. The number of carbonyl (C=O) groups excluding carboxylic acids is 1. The molecule has 1 fully saturated rings. The lowest BCUT2D eigenvalue weighted by molar-refractivity contribution is -0.141. The van der Waals surface area contributed by atoms with Crippen LogP contribution in [0.15, 0.2) is 36.5 Å². The highest BCUT2D eigenvalue weighted by Gasteiger charge is 2.32. The first-order valence-electron chi connectivity index (χ1n) is 11.1. The second-order valence-electron chi connectivity index (χ2n) is 7.81. The fourth-order valence-electron chi connectivity index (χ4n) is 3.46. The smallest absolute Gasteiger partial charge is 0.387 e. The fraction of sp³-hybridized carbons (Fsp3) is 0.458. The Bertz CT molecular complexity index is 1030. The van der Waals surface area contributed by atoms with Crippen LogP contribution in [0.3, 0.4) is 0 Å². The molecule has 0 saturated heterocycles. The van der Waals surface area contributed by atoms with E-state index in [0.29, 0.717) is 6.04 Å². The van der Waals surface area contributed by atoms with Gasteiger partial charge < -0.3 is 5.32 Å². The van der Waals surface area contributed by atoms with E-state index in [0.717, 1.165) is 33.7 Å². The van der Waals surface area contributed by atoms with Crippen molar-refractivity contribution < 1.29 is 18.0 Å². The molecule has 0 aliphatic heterocycles. The summed E-state index contributed by atoms with van der Waals surface area (Å²) in [6.45, 7) is 4.25. The molecule has 0 atom stereocenters. The molecule has 9 heteroatoms. The minimum absolute atomic E-state index is 0.218. The number of aldehydes is 1. The van der Waals surface area contributed by atoms with Gasteiger partial charge in [-0.3, -0.25) is 9.48 Å². The third-order valence-electron chi connectivity index (χ3n) is 5.01. The van der Waals surface area contributed by atoms with Crippen LogP contribution in [-0.2, 0) is 6.18 Å². The third kappa shape index (κ3) is 7.74. The van der Waals surface area contributed by atoms with Gasteiger partial charge in [0.05, 0.1) is 22.3 Å². The maximum atomic E-state index is 11.9. The van der Waals surface area contributed by atoms with E-state index in [1.807, 2.05) is 13.1 Å². The van der Waals surface area contributed by atoms with E-state index >= 15 is 0 Å². The molecule has 0 bridgehead atoms. The molecule has 0 amide bonds. The predicted octanol–water partition coefficient (Wildman–Crippen LogP) is 7.57. The summed E-state index contributed by atoms with van der Waals surface area (Å²) < 4.78 is 37.9. The number of benzene rings is 1. The quantitative estimate of drug-likeness (QED) is 0.391. The van der Waals surface area contributed by atoms with Gasteiger partial charge in [-0.2, -0.15) is 18.3 Å². The lowest BCUT2D eigenvalue weighted by Crippen LogP contribution is -2.12. The number of pyridine rings is 1. The largest absolute Gasteiger partial charge is 0.433 e. The molecule has 180 valence electrons. The van der Waals surface area contributed by atoms with Gasteiger partial charge in [0.25, 0.3) is 0 Å². The van der Waals surface area contributed by atoms with Crippen LogP contribution in [0.1, 0.15) is 74.6 Å². The van der Waals surface area contributed by atoms with Gasteiger partial charge in [-0.25, -0.2) is 4.98 Å². The Balaban J connectivity index is 0.000000223. The minimum atomic E-state index is -4.49. The monoisotopic (exact) mass is 482 g/mol. The Hall–Kier alpha value is -2.61. The number of rotatable bonds is 3. The van der Waals surface area contributed by atoms with Gasteiger partial charge >= 0.3 is 6.18 Å². The van der Waals surface area contributed by atoms with E-state index in [9.17, 15) is 18.0 Å². The molecular weight excluding hydrogens is 453 g/mol. The number of anilines is 1. The summed E-state index contributed by atoms with van der Waals surface area (Å²) in [4.78, 5) is 13.1. The highest BCUT2D eigenvalue weighted by molar-refractivity contribution is 6.34. The first kappa shape index (κ1) is 26.6. The van der Waals surface area contributed by atoms with E-state index in [1.165, 1.54) is 44.6 Å². The van der Waals surface area contributed by atoms with Crippen molar-refractivity contribution in [2.24, 2.45) is 0 Å². The van der Waals surface area contributed by atoms with Crippen molar-refractivity contribution in [2.75, 3.05) is 12.4 Å². The Morgan fingerprint density at radius 1 is 1.18 bits per heavy atom. The Kier molecular flexibility index (Phi) is 10.2. The Morgan fingerprint density at radius 2 is 1.85 bits per heavy atom. The third-order valence-corrected chi connectivity index (χ3v) is 5.32. The molecule has 1 saturated carbocycles. The summed E-state index contributed by atoms with van der Waals surface area (Å²) in [5.74, 6) is 0. The van der Waals surface area contributed by atoms with Gasteiger partial charge in [-0.15, -0.1) is 0 Å². The molecule has 1 aliphatic carbocycles. The van der Waals surface area contributed by atoms with Gasteiger partial charge in [-0.05, 0) is 37.1 Å². The topological polar surface area (TPSA) is 59.8 Å². The van der Waals surface area contributed by atoms with Gasteiger partial charge in [-0.1, -0.05) is 57.2 Å². The lowest BCUT2D eigenvalue weighted by atomic mass is 9.96. The van der Waals surface area contributed by atoms with Crippen LogP contribution in [0.2, 0.25) is 5.02 Å². The van der Waals surface area contributed by atoms with Gasteiger partial charge in [0, 0.05) is 18.6 Å². The number of halogens is 4. The van der Waals surface area contributed by atoms with E-state index < -0.39 is 11.9 Å². The summed E-state index contributed by atoms with van der Waals surface area (Å²) in [7, 11) is 1.89. The van der Waals surface area contributed by atoms with Crippen LogP contribution in [-0.4, -0.2) is 28.1 Å². The molecule has 0 unspecified atom stereocenters. The van der Waals surface area contributed by atoms with Gasteiger partial charge in [0.1, 0.15) is 11.4 Å². The summed E-state index contributed by atoms with van der Waals surface area (Å²) in [5, 5.41) is 9.68. The molecule has 3 aromatic rings. The number of aromatic nitrogens is 3. The molecule has 0 radical (unpaired) electrons. The van der Waals surface area contributed by atoms with Crippen LogP contribution in [0.25, 0.3) is 10.9 Å². The molecular formula is C24H30ClF3N4O. The summed E-state index contributed by atoms with van der Waals surface area (Å²) in [6.07, 6.45) is 5.71.